The normalized spacial score (nSPS) is 15.1. The van der Waals surface area contributed by atoms with Crippen LogP contribution in [0.25, 0.3) is 5.03 Å². The molecule has 0 aliphatic heterocycles. The first kappa shape index (κ1) is 10.0. The Morgan fingerprint density at radius 1 is 1.29 bits per heavy atom. The number of fused-ring (bicyclic) bond motifs is 1. The lowest BCUT2D eigenvalue weighted by atomic mass is 10.1. The predicted octanol–water partition coefficient (Wildman–Crippen LogP) is 2.75. The van der Waals surface area contributed by atoms with Gasteiger partial charge in [0.15, 0.2) is 0 Å². The molecule has 1 aliphatic carbocycles. The van der Waals surface area contributed by atoms with Crippen molar-refractivity contribution in [3.8, 4) is 0 Å². The fraction of sp³-hybridized carbons (Fsp3) is 0.111. The summed E-state index contributed by atoms with van der Waals surface area (Å²) in [6, 6.07) is 4.91. The lowest BCUT2D eigenvalue weighted by Crippen LogP contribution is -1.97. The molecule has 74 valence electrons. The van der Waals surface area contributed by atoms with Gasteiger partial charge in [0.2, 0.25) is 0 Å². The van der Waals surface area contributed by atoms with E-state index in [1.165, 1.54) is 6.07 Å². The number of hydrogen-bond donors (Lipinski definition) is 0. The molecule has 0 saturated heterocycles. The van der Waals surface area contributed by atoms with Gasteiger partial charge in [-0.15, -0.1) is 0 Å². The molecule has 5 heteroatoms. The van der Waals surface area contributed by atoms with Crippen LogP contribution in [-0.4, -0.2) is 8.42 Å². The summed E-state index contributed by atoms with van der Waals surface area (Å²) in [6.45, 7) is 0. The molecule has 0 amide bonds. The van der Waals surface area contributed by atoms with Crippen LogP contribution in [0.4, 0.5) is 0 Å². The second-order valence-corrected chi connectivity index (χ2v) is 5.92. The second kappa shape index (κ2) is 3.26. The van der Waals surface area contributed by atoms with E-state index in [1.807, 2.05) is 0 Å². The van der Waals surface area contributed by atoms with Gasteiger partial charge in [0.1, 0.15) is 0 Å². The van der Waals surface area contributed by atoms with Gasteiger partial charge >= 0.3 is 0 Å². The van der Waals surface area contributed by atoms with Crippen LogP contribution in [0.1, 0.15) is 11.1 Å². The molecular weight excluding hydrogens is 243 g/mol. The molecule has 0 heterocycles. The van der Waals surface area contributed by atoms with Crippen LogP contribution in [0.3, 0.4) is 0 Å². The number of hydrogen-bond acceptors (Lipinski definition) is 2. The zero-order valence-electron chi connectivity index (χ0n) is 7.00. The number of halogens is 2. The van der Waals surface area contributed by atoms with Crippen LogP contribution in [0, 0.1) is 0 Å². The summed E-state index contributed by atoms with van der Waals surface area (Å²) < 4.78 is 22.4. The minimum Gasteiger partial charge on any atom is -0.207 e. The first-order chi connectivity index (χ1) is 6.50. The van der Waals surface area contributed by atoms with Gasteiger partial charge in [0.05, 0.1) is 4.90 Å². The van der Waals surface area contributed by atoms with Crippen LogP contribution in [0.5, 0.6) is 0 Å². The van der Waals surface area contributed by atoms with E-state index in [-0.39, 0.29) is 4.90 Å². The van der Waals surface area contributed by atoms with Crippen molar-refractivity contribution in [3.63, 3.8) is 0 Å². The summed E-state index contributed by atoms with van der Waals surface area (Å²) in [5.74, 6) is 0. The monoisotopic (exact) mass is 248 g/mol. The zero-order valence-corrected chi connectivity index (χ0v) is 9.33. The van der Waals surface area contributed by atoms with E-state index >= 15 is 0 Å². The van der Waals surface area contributed by atoms with Crippen LogP contribution in [-0.2, 0) is 15.5 Å². The molecule has 0 radical (unpaired) electrons. The topological polar surface area (TPSA) is 34.1 Å². The minimum atomic E-state index is -3.67. The summed E-state index contributed by atoms with van der Waals surface area (Å²) in [5.41, 5.74) is 1.45. The highest BCUT2D eigenvalue weighted by molar-refractivity contribution is 8.13. The summed E-state index contributed by atoms with van der Waals surface area (Å²) >= 11 is 5.89. The molecule has 2 rings (SSSR count). The van der Waals surface area contributed by atoms with Crippen molar-refractivity contribution in [2.45, 2.75) is 11.3 Å². The van der Waals surface area contributed by atoms with Gasteiger partial charge in [-0.1, -0.05) is 29.8 Å². The SMILES string of the molecule is O=S(=O)(Cl)c1cccc2c1CC=C2Cl. The Morgan fingerprint density at radius 3 is 2.64 bits per heavy atom. The predicted molar refractivity (Wildman–Crippen MR) is 57.0 cm³/mol. The van der Waals surface area contributed by atoms with Crippen molar-refractivity contribution in [3.05, 3.63) is 35.4 Å². The highest BCUT2D eigenvalue weighted by Gasteiger charge is 2.21. The van der Waals surface area contributed by atoms with Gasteiger partial charge in [0, 0.05) is 15.7 Å². The Morgan fingerprint density at radius 2 is 2.00 bits per heavy atom. The fourth-order valence-electron chi connectivity index (χ4n) is 1.53. The van der Waals surface area contributed by atoms with Crippen LogP contribution in [0.2, 0.25) is 0 Å². The Balaban J connectivity index is 2.70. The van der Waals surface area contributed by atoms with E-state index in [0.717, 1.165) is 5.56 Å². The molecule has 0 aromatic heterocycles. The van der Waals surface area contributed by atoms with Gasteiger partial charge in [-0.25, -0.2) is 8.42 Å². The van der Waals surface area contributed by atoms with Crippen molar-refractivity contribution in [1.82, 2.24) is 0 Å². The molecule has 14 heavy (non-hydrogen) atoms. The lowest BCUT2D eigenvalue weighted by molar-refractivity contribution is 0.609. The summed E-state index contributed by atoms with van der Waals surface area (Å²) in [6.07, 6.45) is 2.30. The third-order valence-electron chi connectivity index (χ3n) is 2.14. The average Bonchev–Trinajstić information content (AvgIpc) is 2.46. The third kappa shape index (κ3) is 1.56. The molecule has 2 nitrogen and oxygen atoms in total. The van der Waals surface area contributed by atoms with Gasteiger partial charge in [0.25, 0.3) is 9.05 Å². The van der Waals surface area contributed by atoms with E-state index < -0.39 is 9.05 Å². The van der Waals surface area contributed by atoms with E-state index in [9.17, 15) is 8.42 Å². The first-order valence-corrected chi connectivity index (χ1v) is 6.61. The summed E-state index contributed by atoms with van der Waals surface area (Å²) in [4.78, 5) is 0.156. The molecule has 0 unspecified atom stereocenters. The smallest absolute Gasteiger partial charge is 0.207 e. The summed E-state index contributed by atoms with van der Waals surface area (Å²) in [7, 11) is 1.62. The molecular formula is C9H6Cl2O2S. The van der Waals surface area contributed by atoms with Crippen LogP contribution < -0.4 is 0 Å². The zero-order chi connectivity index (χ0) is 10.3. The largest absolute Gasteiger partial charge is 0.261 e. The van der Waals surface area contributed by atoms with Gasteiger partial charge in [-0.2, -0.15) is 0 Å². The number of benzene rings is 1. The molecule has 1 aromatic carbocycles. The standard InChI is InChI=1S/C9H6Cl2O2S/c10-8-5-4-7-6(8)2-1-3-9(7)14(11,12)13/h1-3,5H,4H2. The van der Waals surface area contributed by atoms with Crippen molar-refractivity contribution in [2.24, 2.45) is 0 Å². The summed E-state index contributed by atoms with van der Waals surface area (Å²) in [5, 5.41) is 0.585. The Hall–Kier alpha value is -0.510. The van der Waals surface area contributed by atoms with Crippen molar-refractivity contribution >= 4 is 36.4 Å². The quantitative estimate of drug-likeness (QED) is 0.717. The van der Waals surface area contributed by atoms with E-state index in [4.69, 9.17) is 22.3 Å². The maximum atomic E-state index is 11.2. The molecule has 1 aliphatic rings. The third-order valence-corrected chi connectivity index (χ3v) is 3.90. The Labute approximate surface area is 91.6 Å². The van der Waals surface area contributed by atoms with Crippen LogP contribution in [0.15, 0.2) is 29.2 Å². The fourth-order valence-corrected chi connectivity index (χ4v) is 2.95. The molecule has 0 fully saturated rings. The second-order valence-electron chi connectivity index (χ2n) is 2.98. The first-order valence-electron chi connectivity index (χ1n) is 3.93. The maximum Gasteiger partial charge on any atom is 0.261 e. The van der Waals surface area contributed by atoms with Gasteiger partial charge < -0.3 is 0 Å². The van der Waals surface area contributed by atoms with E-state index in [1.54, 1.807) is 18.2 Å². The van der Waals surface area contributed by atoms with E-state index in [2.05, 4.69) is 0 Å². The molecule has 0 spiro atoms. The molecule has 0 atom stereocenters. The van der Waals surface area contributed by atoms with Crippen molar-refractivity contribution in [1.29, 1.82) is 0 Å². The van der Waals surface area contributed by atoms with Crippen molar-refractivity contribution < 1.29 is 8.42 Å². The number of allylic oxidation sites excluding steroid dienone is 1. The molecule has 1 aromatic rings. The molecule has 0 saturated carbocycles. The van der Waals surface area contributed by atoms with Gasteiger partial charge in [-0.3, -0.25) is 0 Å². The highest BCUT2D eigenvalue weighted by Crippen LogP contribution is 2.35. The van der Waals surface area contributed by atoms with E-state index in [0.29, 0.717) is 17.0 Å². The average molecular weight is 249 g/mol. The van der Waals surface area contributed by atoms with Crippen LogP contribution >= 0.6 is 22.3 Å². The molecule has 0 bridgehead atoms. The highest BCUT2D eigenvalue weighted by atomic mass is 35.7. The lowest BCUT2D eigenvalue weighted by Gasteiger charge is -2.04. The number of rotatable bonds is 1. The Bertz CT molecular complexity index is 518. The van der Waals surface area contributed by atoms with Crippen molar-refractivity contribution in [2.75, 3.05) is 0 Å². The minimum absolute atomic E-state index is 0.156. The molecule has 0 N–H and O–H groups in total. The Kier molecular flexibility index (Phi) is 2.33. The van der Waals surface area contributed by atoms with Gasteiger partial charge in [-0.05, 0) is 23.6 Å². The maximum absolute atomic E-state index is 11.2.